The van der Waals surface area contributed by atoms with Gasteiger partial charge in [-0.3, -0.25) is 24.0 Å². The van der Waals surface area contributed by atoms with Crippen molar-refractivity contribution >= 4 is 64.3 Å². The highest BCUT2D eigenvalue weighted by atomic mass is 16.6. The second-order valence-corrected chi connectivity index (χ2v) is 20.4. The van der Waals surface area contributed by atoms with Crippen molar-refractivity contribution in [3.8, 4) is 17.1 Å². The van der Waals surface area contributed by atoms with E-state index in [-0.39, 0.29) is 111 Å². The van der Waals surface area contributed by atoms with Crippen LogP contribution in [0.1, 0.15) is 114 Å². The minimum atomic E-state index is -1.95. The first kappa shape index (κ1) is 56.8. The zero-order valence-corrected chi connectivity index (χ0v) is 44.6. The number of nitrogens with one attached hydrogen (secondary N) is 4. The molecule has 7 N–H and O–H groups in total. The number of primary amides is 1. The molecule has 22 heteroatoms. The zero-order chi connectivity index (χ0) is 55.9. The summed E-state index contributed by atoms with van der Waals surface area (Å²) in [6.07, 6.45) is 1.07. The summed E-state index contributed by atoms with van der Waals surface area (Å²) in [5.74, 6) is -2.79. The molecule has 1 saturated heterocycles. The van der Waals surface area contributed by atoms with E-state index in [9.17, 15) is 48.3 Å². The average molecular weight is 1060 g/mol. The van der Waals surface area contributed by atoms with E-state index in [0.717, 1.165) is 16.5 Å². The van der Waals surface area contributed by atoms with Gasteiger partial charge in [0.05, 0.1) is 35.1 Å². The molecule has 2 aromatic heterocycles. The summed E-state index contributed by atoms with van der Waals surface area (Å²) in [4.78, 5) is 125. The van der Waals surface area contributed by atoms with E-state index < -0.39 is 59.6 Å². The van der Waals surface area contributed by atoms with E-state index in [4.69, 9.17) is 24.9 Å². The Morgan fingerprint density at radius 1 is 0.961 bits per heavy atom. The van der Waals surface area contributed by atoms with Gasteiger partial charge in [0.15, 0.2) is 5.60 Å². The van der Waals surface area contributed by atoms with Crippen LogP contribution in [0.2, 0.25) is 0 Å². The number of benzene rings is 2. The number of aryl methyl sites for hydroxylation is 1. The molecule has 4 atom stereocenters. The Labute approximate surface area is 445 Å². The Hall–Kier alpha value is -7.88. The molecular formula is C55H69N9O13. The van der Waals surface area contributed by atoms with Gasteiger partial charge in [0.1, 0.15) is 36.8 Å². The number of nitrogens with zero attached hydrogens (tertiary/aromatic N) is 4. The molecule has 5 heterocycles. The van der Waals surface area contributed by atoms with Crippen LogP contribution in [0.25, 0.3) is 22.3 Å². The highest BCUT2D eigenvalue weighted by Gasteiger charge is 2.45. The number of cyclic esters (lactones) is 1. The van der Waals surface area contributed by atoms with Crippen LogP contribution in [0.5, 0.6) is 5.75 Å². The van der Waals surface area contributed by atoms with Crippen LogP contribution < -0.4 is 37.3 Å². The van der Waals surface area contributed by atoms with Crippen LogP contribution in [0.3, 0.4) is 0 Å². The predicted molar refractivity (Wildman–Crippen MR) is 282 cm³/mol. The van der Waals surface area contributed by atoms with Crippen molar-refractivity contribution in [2.75, 3.05) is 32.0 Å². The topological polar surface area (TPSA) is 300 Å². The van der Waals surface area contributed by atoms with Crippen molar-refractivity contribution < 1.29 is 57.7 Å². The lowest BCUT2D eigenvalue weighted by atomic mass is 9.86. The normalized spacial score (nSPS) is 17.1. The number of carbonyl (C=O) groups is 8. The summed E-state index contributed by atoms with van der Waals surface area (Å²) in [7, 11) is 1.59. The quantitative estimate of drug-likeness (QED) is 0.0421. The van der Waals surface area contributed by atoms with Gasteiger partial charge in [-0.05, 0) is 92.0 Å². The number of likely N-dealkylation sites (tertiary alicyclic amines) is 1. The summed E-state index contributed by atoms with van der Waals surface area (Å²) in [6.45, 7) is 11.3. The molecule has 0 radical (unpaired) electrons. The van der Waals surface area contributed by atoms with Crippen molar-refractivity contribution in [1.82, 2.24) is 35.3 Å². The lowest BCUT2D eigenvalue weighted by molar-refractivity contribution is -0.172. The van der Waals surface area contributed by atoms with Crippen molar-refractivity contribution in [3.05, 3.63) is 86.7 Å². The number of ether oxygens (including phenoxy) is 3. The molecule has 412 valence electrons. The first-order valence-corrected chi connectivity index (χ1v) is 26.2. The lowest BCUT2D eigenvalue weighted by Gasteiger charge is -2.31. The first-order valence-electron chi connectivity index (χ1n) is 26.2. The van der Waals surface area contributed by atoms with E-state index in [1.807, 2.05) is 6.92 Å². The number of rotatable bonds is 21. The number of Topliss-reactive ketones (excluding diaryl/α,β-unsaturated/α-hetero) is 1. The number of hydrogen-bond acceptors (Lipinski definition) is 14. The number of amides is 7. The van der Waals surface area contributed by atoms with Crippen LogP contribution in [0.4, 0.5) is 20.1 Å². The van der Waals surface area contributed by atoms with Crippen molar-refractivity contribution in [2.45, 2.75) is 136 Å². The largest absolute Gasteiger partial charge is 0.458 e. The molecule has 7 rings (SSSR count). The Kier molecular flexibility index (Phi) is 18.0. The van der Waals surface area contributed by atoms with Gasteiger partial charge >= 0.3 is 24.2 Å². The fourth-order valence-electron chi connectivity index (χ4n) is 9.94. The number of nitrogens with two attached hydrogens (primary N) is 1. The third-order valence-corrected chi connectivity index (χ3v) is 14.4. The summed E-state index contributed by atoms with van der Waals surface area (Å²) >= 11 is 0. The van der Waals surface area contributed by atoms with Crippen molar-refractivity contribution in [3.63, 3.8) is 0 Å². The number of anilines is 1. The number of aliphatic hydroxyl groups is 1. The molecule has 22 nitrogen and oxygen atoms in total. The molecule has 0 unspecified atom stereocenters. The third kappa shape index (κ3) is 12.9. The number of ketones is 1. The van der Waals surface area contributed by atoms with Gasteiger partial charge in [-0.25, -0.2) is 24.2 Å². The molecule has 0 spiro atoms. The smallest absolute Gasteiger partial charge is 0.415 e. The van der Waals surface area contributed by atoms with Gasteiger partial charge in [-0.1, -0.05) is 53.7 Å². The first-order chi connectivity index (χ1) is 36.6. The number of esters is 1. The number of pyridine rings is 2. The maximum atomic E-state index is 13.8. The molecule has 0 saturated carbocycles. The Morgan fingerprint density at radius 3 is 2.38 bits per heavy atom. The summed E-state index contributed by atoms with van der Waals surface area (Å²) < 4.78 is 18.4. The van der Waals surface area contributed by atoms with Crippen LogP contribution in [-0.4, -0.2) is 117 Å². The van der Waals surface area contributed by atoms with Crippen LogP contribution in [-0.2, 0) is 65.2 Å². The molecule has 7 amide bonds. The minimum absolute atomic E-state index is 0.0297. The van der Waals surface area contributed by atoms with E-state index in [0.29, 0.717) is 54.0 Å². The van der Waals surface area contributed by atoms with Crippen LogP contribution in [0.15, 0.2) is 53.3 Å². The fourth-order valence-corrected chi connectivity index (χ4v) is 9.94. The Balaban J connectivity index is 0.930. The van der Waals surface area contributed by atoms with Gasteiger partial charge in [0.2, 0.25) is 17.7 Å². The predicted octanol–water partition coefficient (Wildman–Crippen LogP) is 4.89. The summed E-state index contributed by atoms with van der Waals surface area (Å²) in [6, 6.07) is 10.2. The summed E-state index contributed by atoms with van der Waals surface area (Å²) in [5.41, 5.74) is 7.77. The zero-order valence-electron chi connectivity index (χ0n) is 44.6. The number of urea groups is 1. The van der Waals surface area contributed by atoms with E-state index in [1.54, 1.807) is 99.7 Å². The molecule has 3 aliphatic heterocycles. The number of likely N-dealkylation sites (N-methyl/N-ethyl adjacent to an activating group) is 1. The maximum Gasteiger partial charge on any atom is 0.415 e. The molecule has 1 fully saturated rings. The second-order valence-electron chi connectivity index (χ2n) is 20.4. The Morgan fingerprint density at radius 2 is 1.70 bits per heavy atom. The number of carbonyl (C=O) groups excluding carboxylic acids is 8. The maximum absolute atomic E-state index is 13.8. The van der Waals surface area contributed by atoms with Gasteiger partial charge < -0.3 is 60.7 Å². The standard InChI is InChI=1S/C55H69N9O13/c1-8-36-37-24-35(18-19-41(37)59-47-38(36)27-64-43(47)25-40-39(50(64)69)29-75-51(70)55(40,74)9-2)77-53(72)62(7)26-34-12-11-23-63(34)54(73)76-28-32-14-16-33(17-15-32)58-48(67)42(13-10-22-57-52(56)71)60-49(68)46(31(5)6)61-45(66)21-20-44(65)30(3)4/h14-19,24-25,30-31,34,42,46,74H,8-13,20-23,26-29H2,1-7H3,(H,58,67)(H,60,68)(H,61,66)(H3,56,57,71)/t34-,42-,46-,55-/m0/s1. The second kappa shape index (κ2) is 24.4. The van der Waals surface area contributed by atoms with Crippen molar-refractivity contribution in [1.29, 1.82) is 0 Å². The van der Waals surface area contributed by atoms with E-state index >= 15 is 0 Å². The molecule has 77 heavy (non-hydrogen) atoms. The SMILES string of the molecule is CCc1c2c(nc3ccc(OC(=O)N(C)C[C@@H]4CCCN4C(=O)OCc4ccc(NC(=O)[C@H](CCCNC(N)=O)NC(=O)[C@@H](NC(=O)CCC(=O)C(C)C)C(C)C)cc4)cc13)-c1cc3c(c(=O)n1C2)COC(=O)[C@]3(O)CC. The summed E-state index contributed by atoms with van der Waals surface area (Å²) in [5, 5.41) is 22.7. The van der Waals surface area contributed by atoms with Crippen LogP contribution >= 0.6 is 0 Å². The molecule has 3 aliphatic rings. The average Bonchev–Trinajstić information content (AvgIpc) is 4.03. The number of aromatic nitrogens is 2. The highest BCUT2D eigenvalue weighted by Crippen LogP contribution is 2.41. The molecule has 2 aromatic carbocycles. The highest BCUT2D eigenvalue weighted by molar-refractivity contribution is 5.99. The van der Waals surface area contributed by atoms with Gasteiger partial charge in [0.25, 0.3) is 5.56 Å². The fraction of sp³-hybridized carbons (Fsp3) is 0.491. The number of hydrogen-bond donors (Lipinski definition) is 6. The molecular weight excluding hydrogens is 995 g/mol. The van der Waals surface area contributed by atoms with Crippen molar-refractivity contribution in [2.24, 2.45) is 17.6 Å². The van der Waals surface area contributed by atoms with E-state index in [2.05, 4.69) is 21.3 Å². The minimum Gasteiger partial charge on any atom is -0.458 e. The lowest BCUT2D eigenvalue weighted by Crippen LogP contribution is -2.54. The number of fused-ring (bicyclic) bond motifs is 5. The third-order valence-electron chi connectivity index (χ3n) is 14.4. The molecule has 0 bridgehead atoms. The molecule has 4 aromatic rings. The molecule has 0 aliphatic carbocycles. The van der Waals surface area contributed by atoms with Crippen LogP contribution in [0, 0.1) is 11.8 Å². The monoisotopic (exact) mass is 1060 g/mol. The van der Waals surface area contributed by atoms with E-state index in [1.165, 1.54) is 4.90 Å². The van der Waals surface area contributed by atoms with Gasteiger partial charge in [-0.2, -0.15) is 0 Å². The van der Waals surface area contributed by atoms with Gasteiger partial charge in [-0.15, -0.1) is 0 Å². The van der Waals surface area contributed by atoms with Gasteiger partial charge in [0, 0.05) is 67.6 Å². The Bertz CT molecular complexity index is 3010.